The molecular formula is C29H31ClN6O4. The van der Waals surface area contributed by atoms with E-state index < -0.39 is 11.9 Å². The van der Waals surface area contributed by atoms with Crippen LogP contribution in [0.5, 0.6) is 0 Å². The van der Waals surface area contributed by atoms with Gasteiger partial charge in [-0.3, -0.25) is 19.2 Å². The number of Topliss-reactive ketones (excluding diaryl/α,β-unsaturated/α-hetero) is 2. The van der Waals surface area contributed by atoms with Crippen LogP contribution in [0.15, 0.2) is 54.9 Å². The second-order valence-corrected chi connectivity index (χ2v) is 10.4. The lowest BCUT2D eigenvalue weighted by atomic mass is 9.87. The zero-order valence-electron chi connectivity index (χ0n) is 22.4. The SMILES string of the molecule is CC(=O)c1ccc(CC(=O)[C@H](CC2CCN(C(C)=O)CC2)NC(=O)/C=C/c2cc(Cl)ccc2-n2cnnn2)cc1. The van der Waals surface area contributed by atoms with Gasteiger partial charge in [0, 0.05) is 48.7 Å². The lowest BCUT2D eigenvalue weighted by molar-refractivity contribution is -0.130. The Balaban J connectivity index is 1.49. The third-order valence-electron chi connectivity index (χ3n) is 7.07. The number of benzene rings is 2. The zero-order valence-corrected chi connectivity index (χ0v) is 23.2. The molecule has 40 heavy (non-hydrogen) atoms. The molecule has 0 saturated carbocycles. The molecule has 2 heterocycles. The van der Waals surface area contributed by atoms with Crippen molar-refractivity contribution in [3.8, 4) is 5.69 Å². The number of carbonyl (C=O) groups excluding carboxylic acids is 4. The minimum Gasteiger partial charge on any atom is -0.343 e. The topological polar surface area (TPSA) is 127 Å². The van der Waals surface area contributed by atoms with Crippen molar-refractivity contribution < 1.29 is 19.2 Å². The molecule has 0 aliphatic carbocycles. The highest BCUT2D eigenvalue weighted by molar-refractivity contribution is 6.30. The predicted octanol–water partition coefficient (Wildman–Crippen LogP) is 3.48. The van der Waals surface area contributed by atoms with Gasteiger partial charge in [-0.1, -0.05) is 35.9 Å². The van der Waals surface area contributed by atoms with Crippen LogP contribution in [-0.2, 0) is 20.8 Å². The molecule has 10 nitrogen and oxygen atoms in total. The third-order valence-corrected chi connectivity index (χ3v) is 7.31. The Kier molecular flexibility index (Phi) is 9.55. The van der Waals surface area contributed by atoms with Crippen molar-refractivity contribution in [2.75, 3.05) is 13.1 Å². The van der Waals surface area contributed by atoms with E-state index in [0.717, 1.165) is 18.4 Å². The van der Waals surface area contributed by atoms with E-state index in [2.05, 4.69) is 20.8 Å². The Morgan fingerprint density at radius 3 is 2.42 bits per heavy atom. The van der Waals surface area contributed by atoms with Gasteiger partial charge in [-0.05, 0) is 72.4 Å². The molecule has 1 atom stereocenters. The van der Waals surface area contributed by atoms with E-state index in [1.54, 1.807) is 60.4 Å². The number of amides is 2. The minimum absolute atomic E-state index is 0.0422. The fourth-order valence-electron chi connectivity index (χ4n) is 4.79. The molecule has 1 saturated heterocycles. The van der Waals surface area contributed by atoms with Crippen molar-refractivity contribution in [3.05, 3.63) is 76.6 Å². The van der Waals surface area contributed by atoms with Gasteiger partial charge in [0.2, 0.25) is 11.8 Å². The van der Waals surface area contributed by atoms with Crippen molar-refractivity contribution in [1.82, 2.24) is 30.4 Å². The maximum absolute atomic E-state index is 13.4. The molecule has 11 heteroatoms. The molecule has 1 aromatic heterocycles. The van der Waals surface area contributed by atoms with Gasteiger partial charge in [0.1, 0.15) is 6.33 Å². The average molecular weight is 563 g/mol. The third kappa shape index (κ3) is 7.69. The number of ketones is 2. The van der Waals surface area contributed by atoms with Gasteiger partial charge >= 0.3 is 0 Å². The van der Waals surface area contributed by atoms with Crippen LogP contribution in [0, 0.1) is 5.92 Å². The van der Waals surface area contributed by atoms with Crippen LogP contribution in [0.3, 0.4) is 0 Å². The quantitative estimate of drug-likeness (QED) is 0.296. The van der Waals surface area contributed by atoms with E-state index in [1.165, 1.54) is 24.0 Å². The molecule has 208 valence electrons. The number of hydrogen-bond donors (Lipinski definition) is 1. The first-order valence-corrected chi connectivity index (χ1v) is 13.5. The van der Waals surface area contributed by atoms with Gasteiger partial charge in [-0.25, -0.2) is 0 Å². The van der Waals surface area contributed by atoms with Crippen LogP contribution in [-0.4, -0.2) is 67.6 Å². The molecule has 0 unspecified atom stereocenters. The fraction of sp³-hybridized carbons (Fsp3) is 0.345. The van der Waals surface area contributed by atoms with Crippen LogP contribution < -0.4 is 5.32 Å². The van der Waals surface area contributed by atoms with Gasteiger partial charge in [0.05, 0.1) is 11.7 Å². The van der Waals surface area contributed by atoms with Crippen LogP contribution >= 0.6 is 11.6 Å². The van der Waals surface area contributed by atoms with Crippen molar-refractivity contribution in [1.29, 1.82) is 0 Å². The summed E-state index contributed by atoms with van der Waals surface area (Å²) in [5, 5.41) is 14.6. The number of nitrogens with one attached hydrogen (secondary N) is 1. The summed E-state index contributed by atoms with van der Waals surface area (Å²) >= 11 is 6.18. The number of aromatic nitrogens is 4. The number of piperidine rings is 1. The number of hydrogen-bond acceptors (Lipinski definition) is 7. The molecule has 3 aromatic rings. The highest BCUT2D eigenvalue weighted by Crippen LogP contribution is 2.24. The second kappa shape index (κ2) is 13.3. The van der Waals surface area contributed by atoms with Crippen LogP contribution in [0.1, 0.15) is 54.6 Å². The zero-order chi connectivity index (χ0) is 28.6. The van der Waals surface area contributed by atoms with Crippen molar-refractivity contribution in [3.63, 3.8) is 0 Å². The van der Waals surface area contributed by atoms with Crippen LogP contribution in [0.4, 0.5) is 0 Å². The molecule has 1 aliphatic heterocycles. The molecule has 0 spiro atoms. The van der Waals surface area contributed by atoms with Crippen LogP contribution in [0.25, 0.3) is 11.8 Å². The molecule has 2 amide bonds. The average Bonchev–Trinajstić information content (AvgIpc) is 3.47. The summed E-state index contributed by atoms with van der Waals surface area (Å²) in [5.41, 5.74) is 2.60. The Labute approximate surface area is 237 Å². The van der Waals surface area contributed by atoms with E-state index in [9.17, 15) is 19.2 Å². The molecular weight excluding hydrogens is 532 g/mol. The monoisotopic (exact) mass is 562 g/mol. The van der Waals surface area contributed by atoms with Gasteiger partial charge < -0.3 is 10.2 Å². The lowest BCUT2D eigenvalue weighted by Gasteiger charge is -2.33. The Morgan fingerprint density at radius 1 is 1.07 bits per heavy atom. The molecule has 1 aliphatic rings. The molecule has 0 bridgehead atoms. The first kappa shape index (κ1) is 28.8. The maximum atomic E-state index is 13.4. The van der Waals surface area contributed by atoms with Crippen LogP contribution in [0.2, 0.25) is 5.02 Å². The summed E-state index contributed by atoms with van der Waals surface area (Å²) in [7, 11) is 0. The Bertz CT molecular complexity index is 1400. The van der Waals surface area contributed by atoms with Crippen molar-refractivity contribution in [2.24, 2.45) is 5.92 Å². The molecule has 1 N–H and O–H groups in total. The lowest BCUT2D eigenvalue weighted by Crippen LogP contribution is -2.44. The first-order valence-electron chi connectivity index (χ1n) is 13.1. The number of nitrogens with zero attached hydrogens (tertiary/aromatic N) is 5. The van der Waals surface area contributed by atoms with E-state index in [-0.39, 0.29) is 29.8 Å². The van der Waals surface area contributed by atoms with E-state index in [1.807, 2.05) is 0 Å². The molecule has 4 rings (SSSR count). The van der Waals surface area contributed by atoms with Gasteiger partial charge in [0.15, 0.2) is 11.6 Å². The first-order chi connectivity index (χ1) is 19.2. The predicted molar refractivity (Wildman–Crippen MR) is 150 cm³/mol. The summed E-state index contributed by atoms with van der Waals surface area (Å²) in [6.07, 6.45) is 6.53. The number of tetrazole rings is 1. The van der Waals surface area contributed by atoms with Gasteiger partial charge in [0.25, 0.3) is 0 Å². The second-order valence-electron chi connectivity index (χ2n) is 9.93. The normalized spacial score (nSPS) is 14.7. The number of halogens is 1. The fourth-order valence-corrected chi connectivity index (χ4v) is 4.97. The Morgan fingerprint density at radius 2 is 1.80 bits per heavy atom. The summed E-state index contributed by atoms with van der Waals surface area (Å²) in [6.45, 7) is 4.32. The van der Waals surface area contributed by atoms with E-state index in [0.29, 0.717) is 41.3 Å². The van der Waals surface area contributed by atoms with Gasteiger partial charge in [-0.2, -0.15) is 4.68 Å². The van der Waals surface area contributed by atoms with Crippen molar-refractivity contribution >= 4 is 41.1 Å². The van der Waals surface area contributed by atoms with Gasteiger partial charge in [-0.15, -0.1) is 5.10 Å². The molecule has 2 aromatic carbocycles. The highest BCUT2D eigenvalue weighted by Gasteiger charge is 2.28. The standard InChI is InChI=1S/C29H31ClN6O4/c1-19(37)23-5-3-21(4-6-23)16-28(39)26(15-22-11-13-35(14-12-22)20(2)38)32-29(40)10-7-24-17-25(30)8-9-27(24)36-18-31-33-34-36/h3-10,17-18,22,26H,11-16H2,1-2H3,(H,32,40)/b10-7+/t26-/m0/s1. The largest absolute Gasteiger partial charge is 0.343 e. The molecule has 1 fully saturated rings. The summed E-state index contributed by atoms with van der Waals surface area (Å²) in [5.74, 6) is -0.360. The maximum Gasteiger partial charge on any atom is 0.244 e. The number of rotatable bonds is 10. The summed E-state index contributed by atoms with van der Waals surface area (Å²) in [4.78, 5) is 51.6. The number of carbonyl (C=O) groups is 4. The van der Waals surface area contributed by atoms with Crippen molar-refractivity contribution in [2.45, 2.75) is 45.6 Å². The summed E-state index contributed by atoms with van der Waals surface area (Å²) < 4.78 is 1.46. The smallest absolute Gasteiger partial charge is 0.244 e. The minimum atomic E-state index is -0.711. The Hall–Kier alpha value is -4.18. The number of likely N-dealkylation sites (tertiary alicyclic amines) is 1. The van der Waals surface area contributed by atoms with E-state index >= 15 is 0 Å². The highest BCUT2D eigenvalue weighted by atomic mass is 35.5. The van der Waals surface area contributed by atoms with E-state index in [4.69, 9.17) is 11.6 Å². The summed E-state index contributed by atoms with van der Waals surface area (Å²) in [6, 6.07) is 11.4. The molecule has 0 radical (unpaired) electrons.